The van der Waals surface area contributed by atoms with Crippen LogP contribution in [-0.4, -0.2) is 17.5 Å². The van der Waals surface area contributed by atoms with Crippen molar-refractivity contribution in [3.63, 3.8) is 0 Å². The van der Waals surface area contributed by atoms with Crippen molar-refractivity contribution in [3.8, 4) is 0 Å². The predicted molar refractivity (Wildman–Crippen MR) is 99.1 cm³/mol. The van der Waals surface area contributed by atoms with E-state index >= 15 is 0 Å². The third-order valence-electron chi connectivity index (χ3n) is 4.32. The predicted octanol–water partition coefficient (Wildman–Crippen LogP) is 2.18. The van der Waals surface area contributed by atoms with Gasteiger partial charge in [-0.15, -0.1) is 0 Å². The number of rotatable bonds is 6. The van der Waals surface area contributed by atoms with Crippen LogP contribution < -0.4 is 21.5 Å². The number of nitrogens with one attached hydrogen (secondary N) is 2. The van der Waals surface area contributed by atoms with Gasteiger partial charge in [0.15, 0.2) is 0 Å². The van der Waals surface area contributed by atoms with Gasteiger partial charge in [0, 0.05) is 6.20 Å². The monoisotopic (exact) mass is 337 g/mol. The lowest BCUT2D eigenvalue weighted by Gasteiger charge is -2.24. The zero-order chi connectivity index (χ0) is 18.0. The zero-order valence-corrected chi connectivity index (χ0v) is 14.1. The summed E-state index contributed by atoms with van der Waals surface area (Å²) in [5, 5.41) is 6.02. The normalized spacial score (nSPS) is 18.1. The van der Waals surface area contributed by atoms with Crippen molar-refractivity contribution in [2.45, 2.75) is 32.4 Å². The third kappa shape index (κ3) is 3.15. The highest BCUT2D eigenvalue weighted by atomic mass is 16.2. The Morgan fingerprint density at radius 1 is 1.08 bits per heavy atom. The van der Waals surface area contributed by atoms with Gasteiger partial charge in [-0.3, -0.25) is 19.4 Å². The topological polar surface area (TPSA) is 87.6 Å². The molecule has 0 amide bonds. The van der Waals surface area contributed by atoms with E-state index in [1.165, 1.54) is 6.20 Å². The summed E-state index contributed by atoms with van der Waals surface area (Å²) in [4.78, 5) is 40.0. The summed E-state index contributed by atoms with van der Waals surface area (Å²) in [6, 6.07) is 8.93. The summed E-state index contributed by atoms with van der Waals surface area (Å²) in [6.45, 7) is 3.61. The van der Waals surface area contributed by atoms with Gasteiger partial charge >= 0.3 is 0 Å². The molecular formula is C19H19N3O3. The second-order valence-electron chi connectivity index (χ2n) is 5.97. The Morgan fingerprint density at radius 2 is 1.76 bits per heavy atom. The van der Waals surface area contributed by atoms with Crippen molar-refractivity contribution < 1.29 is 4.79 Å². The highest BCUT2D eigenvalue weighted by Gasteiger charge is 2.28. The summed E-state index contributed by atoms with van der Waals surface area (Å²) in [5.74, 6) is -0.211. The maximum atomic E-state index is 12.1. The molecule has 0 bridgehead atoms. The van der Waals surface area contributed by atoms with Crippen LogP contribution in [0.5, 0.6) is 0 Å². The summed E-state index contributed by atoms with van der Waals surface area (Å²) >= 11 is 0. The van der Waals surface area contributed by atoms with Crippen molar-refractivity contribution in [2.24, 2.45) is 4.99 Å². The van der Waals surface area contributed by atoms with Crippen LogP contribution in [0, 0.1) is 0 Å². The first kappa shape index (κ1) is 16.8. The van der Waals surface area contributed by atoms with Gasteiger partial charge in [-0.05, 0) is 25.0 Å². The minimum Gasteiger partial charge on any atom is -0.373 e. The second-order valence-corrected chi connectivity index (χ2v) is 5.97. The van der Waals surface area contributed by atoms with Crippen molar-refractivity contribution in [1.82, 2.24) is 0 Å². The maximum absolute atomic E-state index is 12.1. The molecule has 0 fully saturated rings. The molecule has 0 spiro atoms. The fraction of sp³-hybridized carbons (Fsp3) is 0.263. The van der Waals surface area contributed by atoms with E-state index in [0.717, 1.165) is 12.0 Å². The van der Waals surface area contributed by atoms with Crippen LogP contribution in [0.3, 0.4) is 0 Å². The van der Waals surface area contributed by atoms with Crippen LogP contribution >= 0.6 is 0 Å². The van der Waals surface area contributed by atoms with E-state index in [2.05, 4.69) is 15.6 Å². The third-order valence-corrected chi connectivity index (χ3v) is 4.32. The van der Waals surface area contributed by atoms with Gasteiger partial charge in [-0.1, -0.05) is 37.3 Å². The summed E-state index contributed by atoms with van der Waals surface area (Å²) < 4.78 is 0. The Kier molecular flexibility index (Phi) is 4.61. The molecule has 25 heavy (non-hydrogen) atoms. The molecule has 1 heterocycles. The Bertz CT molecular complexity index is 921. The van der Waals surface area contributed by atoms with Crippen molar-refractivity contribution in [1.29, 1.82) is 0 Å². The first-order chi connectivity index (χ1) is 12.0. The molecule has 6 nitrogen and oxygen atoms in total. The van der Waals surface area contributed by atoms with Crippen molar-refractivity contribution >= 4 is 22.9 Å². The van der Waals surface area contributed by atoms with Gasteiger partial charge in [-0.25, -0.2) is 0 Å². The molecule has 1 aliphatic rings. The quantitative estimate of drug-likeness (QED) is 0.789. The van der Waals surface area contributed by atoms with E-state index in [-0.39, 0.29) is 23.2 Å². The van der Waals surface area contributed by atoms with Gasteiger partial charge in [0.25, 0.3) is 10.9 Å². The number of benzene rings is 1. The lowest BCUT2D eigenvalue weighted by atomic mass is 10.0. The number of Topliss-reactive ketones (excluding diaryl/α,β-unsaturated/α-hetero) is 1. The highest BCUT2D eigenvalue weighted by Crippen LogP contribution is 2.25. The number of carbonyl (C=O) groups excluding carboxylic acids is 1. The molecule has 2 atom stereocenters. The number of carbonyl (C=O) groups is 1. The average molecular weight is 337 g/mol. The SMILES string of the molecule is CC[C@@H](Nc1c(NC2C=CN=C(C)C2=O)c(=O)c1=O)c1ccccc1. The van der Waals surface area contributed by atoms with Gasteiger partial charge in [0.1, 0.15) is 17.4 Å². The molecule has 1 unspecified atom stereocenters. The Balaban J connectivity index is 1.82. The average Bonchev–Trinajstić information content (AvgIpc) is 2.64. The molecule has 0 saturated heterocycles. The minimum absolute atomic E-state index is 0.0917. The molecule has 0 saturated carbocycles. The van der Waals surface area contributed by atoms with E-state index in [1.807, 2.05) is 37.3 Å². The van der Waals surface area contributed by atoms with Crippen LogP contribution in [0.4, 0.5) is 11.4 Å². The Morgan fingerprint density at radius 3 is 2.44 bits per heavy atom. The molecule has 2 aromatic carbocycles. The molecule has 2 aromatic rings. The van der Waals surface area contributed by atoms with Crippen LogP contribution in [0.2, 0.25) is 0 Å². The first-order valence-corrected chi connectivity index (χ1v) is 8.19. The molecule has 128 valence electrons. The molecule has 3 rings (SSSR count). The second kappa shape index (κ2) is 6.84. The number of aliphatic imine (C=N–C) groups is 1. The fourth-order valence-electron chi connectivity index (χ4n) is 2.83. The van der Waals surface area contributed by atoms with Crippen LogP contribution in [0.15, 0.2) is 57.2 Å². The number of hydrogen-bond acceptors (Lipinski definition) is 6. The molecule has 2 N–H and O–H groups in total. The summed E-state index contributed by atoms with van der Waals surface area (Å²) in [7, 11) is 0. The van der Waals surface area contributed by atoms with E-state index in [4.69, 9.17) is 0 Å². The number of ketones is 1. The molecule has 0 aromatic heterocycles. The van der Waals surface area contributed by atoms with Crippen LogP contribution in [0.25, 0.3) is 0 Å². The first-order valence-electron chi connectivity index (χ1n) is 8.19. The lowest BCUT2D eigenvalue weighted by molar-refractivity contribution is -0.112. The number of anilines is 2. The van der Waals surface area contributed by atoms with Gasteiger partial charge in [-0.2, -0.15) is 0 Å². The number of nitrogens with zero attached hydrogens (tertiary/aromatic N) is 1. The van der Waals surface area contributed by atoms with Gasteiger partial charge in [0.05, 0.1) is 11.8 Å². The van der Waals surface area contributed by atoms with E-state index < -0.39 is 16.9 Å². The molecule has 6 heteroatoms. The molecule has 1 aliphatic heterocycles. The fourth-order valence-corrected chi connectivity index (χ4v) is 2.83. The highest BCUT2D eigenvalue weighted by molar-refractivity contribution is 6.42. The van der Waals surface area contributed by atoms with E-state index in [0.29, 0.717) is 5.71 Å². The molecular weight excluding hydrogens is 318 g/mol. The van der Waals surface area contributed by atoms with Gasteiger partial charge < -0.3 is 10.6 Å². The van der Waals surface area contributed by atoms with E-state index in [9.17, 15) is 14.4 Å². The minimum atomic E-state index is -0.682. The van der Waals surface area contributed by atoms with Gasteiger partial charge in [0.2, 0.25) is 5.78 Å². The Hall–Kier alpha value is -3.02. The zero-order valence-electron chi connectivity index (χ0n) is 14.1. The smallest absolute Gasteiger partial charge is 0.253 e. The Labute approximate surface area is 145 Å². The standard InChI is InChI=1S/C19H19N3O3/c1-3-13(12-7-5-4-6-8-12)21-15-16(19(25)18(15)24)22-14-9-10-20-11(2)17(14)23/h4-10,13-14,21-22H,3H2,1-2H3/t13-,14?/m1/s1. The van der Waals surface area contributed by atoms with Crippen LogP contribution in [-0.2, 0) is 4.79 Å². The number of hydrogen-bond donors (Lipinski definition) is 2. The molecule has 0 radical (unpaired) electrons. The lowest BCUT2D eigenvalue weighted by Crippen LogP contribution is -2.43. The summed E-state index contributed by atoms with van der Waals surface area (Å²) in [6.07, 6.45) is 3.84. The summed E-state index contributed by atoms with van der Waals surface area (Å²) in [5.41, 5.74) is 0.630. The van der Waals surface area contributed by atoms with Crippen molar-refractivity contribution in [2.75, 3.05) is 10.6 Å². The van der Waals surface area contributed by atoms with E-state index in [1.54, 1.807) is 13.0 Å². The maximum Gasteiger partial charge on any atom is 0.253 e. The van der Waals surface area contributed by atoms with Crippen molar-refractivity contribution in [3.05, 3.63) is 68.6 Å². The largest absolute Gasteiger partial charge is 0.373 e. The van der Waals surface area contributed by atoms with Crippen LogP contribution in [0.1, 0.15) is 31.9 Å². The molecule has 0 aliphatic carbocycles.